The van der Waals surface area contributed by atoms with Gasteiger partial charge in [-0.2, -0.15) is 0 Å². The molecule has 11 heavy (non-hydrogen) atoms. The minimum absolute atomic E-state index is 1.02. The van der Waals surface area contributed by atoms with E-state index >= 15 is 0 Å². The Morgan fingerprint density at radius 1 is 1.64 bits per heavy atom. The van der Waals surface area contributed by atoms with Gasteiger partial charge in [0.1, 0.15) is 4.34 Å². The lowest BCUT2D eigenvalue weighted by molar-refractivity contribution is 0.642. The van der Waals surface area contributed by atoms with Crippen LogP contribution in [0.5, 0.6) is 0 Å². The molecular weight excluding hydrogens is 176 g/mol. The van der Waals surface area contributed by atoms with Crippen LogP contribution in [0.25, 0.3) is 0 Å². The molecule has 0 bridgehead atoms. The molecule has 2 nitrogen and oxygen atoms in total. The van der Waals surface area contributed by atoms with Gasteiger partial charge in [0.15, 0.2) is 0 Å². The zero-order valence-corrected chi connectivity index (χ0v) is 8.02. The number of thioether (sulfide) groups is 1. The summed E-state index contributed by atoms with van der Waals surface area (Å²) in [6.45, 7) is 2.11. The third kappa shape index (κ3) is 1.43. The van der Waals surface area contributed by atoms with Crippen LogP contribution in [-0.4, -0.2) is 17.8 Å². The van der Waals surface area contributed by atoms with Gasteiger partial charge in [0.2, 0.25) is 0 Å². The van der Waals surface area contributed by atoms with Crippen molar-refractivity contribution in [2.75, 3.05) is 12.8 Å². The average molecular weight is 186 g/mol. The molecule has 0 saturated carbocycles. The second-order valence-electron chi connectivity index (χ2n) is 2.48. The minimum atomic E-state index is 1.02. The highest BCUT2D eigenvalue weighted by Gasteiger charge is 2.13. The summed E-state index contributed by atoms with van der Waals surface area (Å²) in [4.78, 5) is 5.94. The Bertz CT molecular complexity index is 233. The van der Waals surface area contributed by atoms with Gasteiger partial charge in [0, 0.05) is 24.4 Å². The molecule has 0 spiro atoms. The van der Waals surface area contributed by atoms with Crippen molar-refractivity contribution in [3.05, 3.63) is 10.6 Å². The highest BCUT2D eigenvalue weighted by Crippen LogP contribution is 2.27. The van der Waals surface area contributed by atoms with Gasteiger partial charge in [-0.15, -0.1) is 11.3 Å². The third-order valence-corrected chi connectivity index (χ3v) is 3.84. The van der Waals surface area contributed by atoms with Gasteiger partial charge < -0.3 is 5.32 Å². The molecule has 1 aromatic heterocycles. The Hall–Kier alpha value is -0.0600. The second-order valence-corrected chi connectivity index (χ2v) is 4.62. The number of nitrogens with one attached hydrogen (secondary N) is 1. The monoisotopic (exact) mass is 186 g/mol. The van der Waals surface area contributed by atoms with Crippen LogP contribution in [0.4, 0.5) is 0 Å². The van der Waals surface area contributed by atoms with Crippen LogP contribution in [0, 0.1) is 0 Å². The molecule has 0 unspecified atom stereocenters. The number of rotatable bonds is 1. The first kappa shape index (κ1) is 7.58. The third-order valence-electron chi connectivity index (χ3n) is 1.76. The van der Waals surface area contributed by atoms with E-state index in [-0.39, 0.29) is 0 Å². The van der Waals surface area contributed by atoms with Gasteiger partial charge >= 0.3 is 0 Å². The summed E-state index contributed by atoms with van der Waals surface area (Å²) in [5.41, 5.74) is 1.32. The van der Waals surface area contributed by atoms with Gasteiger partial charge in [0.25, 0.3) is 0 Å². The zero-order valence-electron chi connectivity index (χ0n) is 6.39. The topological polar surface area (TPSA) is 24.9 Å². The van der Waals surface area contributed by atoms with Crippen molar-refractivity contribution in [2.24, 2.45) is 0 Å². The largest absolute Gasteiger partial charge is 0.311 e. The predicted molar refractivity (Wildman–Crippen MR) is 49.3 cm³/mol. The number of hydrogen-bond acceptors (Lipinski definition) is 4. The number of aromatic nitrogens is 1. The highest BCUT2D eigenvalue weighted by molar-refractivity contribution is 8.00. The normalized spacial score (nSPS) is 16.5. The van der Waals surface area contributed by atoms with Crippen LogP contribution < -0.4 is 5.32 Å². The van der Waals surface area contributed by atoms with Gasteiger partial charge in [0.05, 0.1) is 5.69 Å². The summed E-state index contributed by atoms with van der Waals surface area (Å²) < 4.78 is 1.21. The minimum Gasteiger partial charge on any atom is -0.311 e. The molecule has 1 aromatic rings. The summed E-state index contributed by atoms with van der Waals surface area (Å²) in [6, 6.07) is 0. The molecule has 0 aliphatic carbocycles. The van der Waals surface area contributed by atoms with E-state index in [0.717, 1.165) is 19.5 Å². The molecule has 1 aliphatic rings. The van der Waals surface area contributed by atoms with Crippen LogP contribution in [0.3, 0.4) is 0 Å². The van der Waals surface area contributed by atoms with Crippen molar-refractivity contribution >= 4 is 23.1 Å². The number of fused-ring (bicyclic) bond motifs is 1. The van der Waals surface area contributed by atoms with Crippen molar-refractivity contribution in [2.45, 2.75) is 17.3 Å². The van der Waals surface area contributed by atoms with Gasteiger partial charge in [-0.3, -0.25) is 0 Å². The Morgan fingerprint density at radius 3 is 3.27 bits per heavy atom. The van der Waals surface area contributed by atoms with E-state index in [2.05, 4.69) is 16.6 Å². The first-order chi connectivity index (χ1) is 5.40. The zero-order chi connectivity index (χ0) is 7.68. The van der Waals surface area contributed by atoms with E-state index in [1.165, 1.54) is 14.9 Å². The van der Waals surface area contributed by atoms with Gasteiger partial charge in [-0.05, 0) is 6.26 Å². The molecule has 60 valence electrons. The molecule has 0 fully saturated rings. The van der Waals surface area contributed by atoms with Crippen molar-refractivity contribution in [3.8, 4) is 0 Å². The molecule has 0 atom stereocenters. The summed E-state index contributed by atoms with van der Waals surface area (Å²) in [5.74, 6) is 0. The van der Waals surface area contributed by atoms with Crippen molar-refractivity contribution < 1.29 is 0 Å². The van der Waals surface area contributed by atoms with E-state index in [4.69, 9.17) is 0 Å². The lowest BCUT2D eigenvalue weighted by Gasteiger charge is -2.09. The maximum absolute atomic E-state index is 4.51. The Balaban J connectivity index is 2.32. The van der Waals surface area contributed by atoms with E-state index in [1.54, 1.807) is 11.8 Å². The molecule has 0 radical (unpaired) electrons. The maximum atomic E-state index is 4.51. The Labute approximate surface area is 74.4 Å². The fourth-order valence-corrected chi connectivity index (χ4v) is 2.83. The molecule has 4 heteroatoms. The smallest absolute Gasteiger partial charge is 0.150 e. The highest BCUT2D eigenvalue weighted by atomic mass is 32.2. The van der Waals surface area contributed by atoms with Crippen LogP contribution in [0.2, 0.25) is 0 Å². The lowest BCUT2D eigenvalue weighted by atomic mass is 10.2. The van der Waals surface area contributed by atoms with E-state index in [9.17, 15) is 0 Å². The standard InChI is InChI=1S/C7H10N2S2/c1-10-7-9-5-2-3-8-4-6(5)11-7/h8H,2-4H2,1H3. The molecule has 0 amide bonds. The number of thiazole rings is 1. The fraction of sp³-hybridized carbons (Fsp3) is 0.571. The van der Waals surface area contributed by atoms with Crippen molar-refractivity contribution in [1.29, 1.82) is 0 Å². The average Bonchev–Trinajstić information content (AvgIpc) is 2.46. The molecule has 1 N–H and O–H groups in total. The van der Waals surface area contributed by atoms with Crippen LogP contribution in [0.1, 0.15) is 10.6 Å². The second kappa shape index (κ2) is 3.13. The first-order valence-corrected chi connectivity index (χ1v) is 5.67. The molecule has 0 aromatic carbocycles. The SMILES string of the molecule is CSc1nc2c(s1)CNCC2. The fourth-order valence-electron chi connectivity index (χ4n) is 1.19. The van der Waals surface area contributed by atoms with Crippen LogP contribution in [-0.2, 0) is 13.0 Å². The first-order valence-electron chi connectivity index (χ1n) is 3.63. The molecule has 2 rings (SSSR count). The Morgan fingerprint density at radius 2 is 2.55 bits per heavy atom. The number of hydrogen-bond donors (Lipinski definition) is 1. The summed E-state index contributed by atoms with van der Waals surface area (Å²) in [7, 11) is 0. The summed E-state index contributed by atoms with van der Waals surface area (Å²) in [5, 5.41) is 3.34. The molecular formula is C7H10N2S2. The van der Waals surface area contributed by atoms with Gasteiger partial charge in [-0.25, -0.2) is 4.98 Å². The number of nitrogens with zero attached hydrogens (tertiary/aromatic N) is 1. The molecule has 2 heterocycles. The summed E-state index contributed by atoms with van der Waals surface area (Å²) >= 11 is 3.57. The van der Waals surface area contributed by atoms with Crippen LogP contribution in [0.15, 0.2) is 4.34 Å². The Kier molecular flexibility index (Phi) is 2.16. The van der Waals surface area contributed by atoms with Gasteiger partial charge in [-0.1, -0.05) is 11.8 Å². The maximum Gasteiger partial charge on any atom is 0.150 e. The van der Waals surface area contributed by atoms with E-state index in [0.29, 0.717) is 0 Å². The molecule has 0 saturated heterocycles. The lowest BCUT2D eigenvalue weighted by Crippen LogP contribution is -2.22. The van der Waals surface area contributed by atoms with Crippen molar-refractivity contribution in [1.82, 2.24) is 10.3 Å². The van der Waals surface area contributed by atoms with Crippen molar-refractivity contribution in [3.63, 3.8) is 0 Å². The van der Waals surface area contributed by atoms with E-state index < -0.39 is 0 Å². The van der Waals surface area contributed by atoms with E-state index in [1.807, 2.05) is 11.3 Å². The summed E-state index contributed by atoms with van der Waals surface area (Å²) in [6.07, 6.45) is 3.18. The quantitative estimate of drug-likeness (QED) is 0.673. The molecule has 1 aliphatic heterocycles. The van der Waals surface area contributed by atoms with Crippen LogP contribution >= 0.6 is 23.1 Å². The predicted octanol–water partition coefficient (Wildman–Crippen LogP) is 1.51.